The molecule has 100 valence electrons. The summed E-state index contributed by atoms with van der Waals surface area (Å²) in [6.07, 6.45) is 8.33. The fourth-order valence-electron chi connectivity index (χ4n) is 2.67. The van der Waals surface area contributed by atoms with E-state index in [9.17, 15) is 0 Å². The van der Waals surface area contributed by atoms with Gasteiger partial charge < -0.3 is 10.1 Å². The number of benzene rings is 1. The lowest BCUT2D eigenvalue weighted by Gasteiger charge is -2.16. The molecule has 1 saturated carbocycles. The van der Waals surface area contributed by atoms with Crippen LogP contribution in [0.2, 0.25) is 0 Å². The summed E-state index contributed by atoms with van der Waals surface area (Å²) in [4.78, 5) is 0. The first-order valence-electron chi connectivity index (χ1n) is 7.18. The summed E-state index contributed by atoms with van der Waals surface area (Å²) < 4.78 is 5.12. The smallest absolute Gasteiger partial charge is 0.0713 e. The quantitative estimate of drug-likeness (QED) is 0.802. The van der Waals surface area contributed by atoms with Crippen LogP contribution in [-0.2, 0) is 17.9 Å². The van der Waals surface area contributed by atoms with Gasteiger partial charge in [0, 0.05) is 19.7 Å². The van der Waals surface area contributed by atoms with E-state index in [1.807, 2.05) is 0 Å². The molecule has 0 bridgehead atoms. The Morgan fingerprint density at radius 3 is 2.22 bits per heavy atom. The van der Waals surface area contributed by atoms with Gasteiger partial charge in [-0.2, -0.15) is 0 Å². The van der Waals surface area contributed by atoms with Crippen LogP contribution in [0.15, 0.2) is 24.3 Å². The van der Waals surface area contributed by atoms with Gasteiger partial charge >= 0.3 is 0 Å². The standard InChI is InChI=1S/C16H25NO/c1-18-13-15-10-8-14(9-11-15)12-17-16-6-4-2-3-5-7-16/h8-11,16-17H,2-7,12-13H2,1H3. The lowest BCUT2D eigenvalue weighted by atomic mass is 10.1. The zero-order valence-electron chi connectivity index (χ0n) is 11.5. The Morgan fingerprint density at radius 1 is 1.00 bits per heavy atom. The molecule has 0 atom stereocenters. The molecule has 1 fully saturated rings. The molecule has 0 amide bonds. The summed E-state index contributed by atoms with van der Waals surface area (Å²) in [6, 6.07) is 9.46. The molecule has 18 heavy (non-hydrogen) atoms. The number of methoxy groups -OCH3 is 1. The molecule has 2 heteroatoms. The molecule has 1 aromatic carbocycles. The van der Waals surface area contributed by atoms with Crippen LogP contribution in [0.25, 0.3) is 0 Å². The summed E-state index contributed by atoms with van der Waals surface area (Å²) in [5.41, 5.74) is 2.62. The highest BCUT2D eigenvalue weighted by atomic mass is 16.5. The first-order chi connectivity index (χ1) is 8.88. The Kier molecular flexibility index (Phi) is 5.69. The summed E-state index contributed by atoms with van der Waals surface area (Å²) in [5.74, 6) is 0. The molecule has 0 heterocycles. The van der Waals surface area contributed by atoms with Crippen molar-refractivity contribution < 1.29 is 4.74 Å². The Bertz CT molecular complexity index is 325. The molecule has 1 aliphatic carbocycles. The van der Waals surface area contributed by atoms with E-state index < -0.39 is 0 Å². The van der Waals surface area contributed by atoms with Gasteiger partial charge in [0.25, 0.3) is 0 Å². The van der Waals surface area contributed by atoms with Gasteiger partial charge in [0.15, 0.2) is 0 Å². The van der Waals surface area contributed by atoms with Crippen LogP contribution in [0.5, 0.6) is 0 Å². The molecule has 0 aliphatic heterocycles. The van der Waals surface area contributed by atoms with Gasteiger partial charge in [-0.3, -0.25) is 0 Å². The highest BCUT2D eigenvalue weighted by Gasteiger charge is 2.10. The summed E-state index contributed by atoms with van der Waals surface area (Å²) in [5, 5.41) is 3.70. The van der Waals surface area contributed by atoms with Crippen LogP contribution in [0.3, 0.4) is 0 Å². The average Bonchev–Trinajstić information content (AvgIpc) is 2.67. The third kappa shape index (κ3) is 4.43. The molecule has 0 radical (unpaired) electrons. The second kappa shape index (κ2) is 7.55. The van der Waals surface area contributed by atoms with E-state index in [2.05, 4.69) is 29.6 Å². The largest absolute Gasteiger partial charge is 0.380 e. The van der Waals surface area contributed by atoms with E-state index >= 15 is 0 Å². The van der Waals surface area contributed by atoms with Crippen molar-refractivity contribution in [2.75, 3.05) is 7.11 Å². The Labute approximate surface area is 111 Å². The molecule has 0 spiro atoms. The molecular weight excluding hydrogens is 222 g/mol. The summed E-state index contributed by atoms with van der Waals surface area (Å²) >= 11 is 0. The lowest BCUT2D eigenvalue weighted by Crippen LogP contribution is -2.27. The zero-order chi connectivity index (χ0) is 12.6. The number of hydrogen-bond acceptors (Lipinski definition) is 2. The minimum Gasteiger partial charge on any atom is -0.380 e. The second-order valence-corrected chi connectivity index (χ2v) is 5.32. The predicted octanol–water partition coefficient (Wildman–Crippen LogP) is 3.65. The maximum atomic E-state index is 5.12. The lowest BCUT2D eigenvalue weighted by molar-refractivity contribution is 0.185. The summed E-state index contributed by atoms with van der Waals surface area (Å²) in [7, 11) is 1.74. The third-order valence-corrected chi connectivity index (χ3v) is 3.78. The van der Waals surface area contributed by atoms with Crippen LogP contribution in [-0.4, -0.2) is 13.2 Å². The molecule has 2 nitrogen and oxygen atoms in total. The van der Waals surface area contributed by atoms with Crippen LogP contribution in [0.1, 0.15) is 49.7 Å². The molecular formula is C16H25NO. The number of hydrogen-bond donors (Lipinski definition) is 1. The molecule has 2 rings (SSSR count). The molecule has 1 aliphatic rings. The van der Waals surface area contributed by atoms with Gasteiger partial charge in [-0.15, -0.1) is 0 Å². The minimum atomic E-state index is 0.705. The van der Waals surface area contributed by atoms with Crippen LogP contribution >= 0.6 is 0 Å². The maximum absolute atomic E-state index is 5.12. The Hall–Kier alpha value is -0.860. The highest BCUT2D eigenvalue weighted by Crippen LogP contribution is 2.17. The Morgan fingerprint density at radius 2 is 1.61 bits per heavy atom. The van der Waals surface area contributed by atoms with E-state index in [-0.39, 0.29) is 0 Å². The van der Waals surface area contributed by atoms with Crippen molar-refractivity contribution in [2.45, 2.75) is 57.7 Å². The van der Waals surface area contributed by atoms with E-state index in [1.54, 1.807) is 7.11 Å². The maximum Gasteiger partial charge on any atom is 0.0713 e. The van der Waals surface area contributed by atoms with Crippen molar-refractivity contribution in [2.24, 2.45) is 0 Å². The predicted molar refractivity (Wildman–Crippen MR) is 75.5 cm³/mol. The first-order valence-corrected chi connectivity index (χ1v) is 7.18. The SMILES string of the molecule is COCc1ccc(CNC2CCCCCC2)cc1. The molecule has 0 aromatic heterocycles. The first kappa shape index (κ1) is 13.6. The highest BCUT2D eigenvalue weighted by molar-refractivity contribution is 5.21. The third-order valence-electron chi connectivity index (χ3n) is 3.78. The van der Waals surface area contributed by atoms with Gasteiger partial charge in [0.05, 0.1) is 6.61 Å². The van der Waals surface area contributed by atoms with Gasteiger partial charge in [-0.05, 0) is 24.0 Å². The van der Waals surface area contributed by atoms with Crippen LogP contribution in [0.4, 0.5) is 0 Å². The van der Waals surface area contributed by atoms with E-state index in [1.165, 1.54) is 49.7 Å². The van der Waals surface area contributed by atoms with Crippen molar-refractivity contribution in [1.82, 2.24) is 5.32 Å². The van der Waals surface area contributed by atoms with Crippen molar-refractivity contribution in [3.8, 4) is 0 Å². The fraction of sp³-hybridized carbons (Fsp3) is 0.625. The van der Waals surface area contributed by atoms with Crippen LogP contribution < -0.4 is 5.32 Å². The molecule has 1 N–H and O–H groups in total. The normalized spacial score (nSPS) is 17.6. The minimum absolute atomic E-state index is 0.705. The van der Waals surface area contributed by atoms with Gasteiger partial charge in [0.1, 0.15) is 0 Å². The van der Waals surface area contributed by atoms with E-state index in [0.717, 1.165) is 12.6 Å². The topological polar surface area (TPSA) is 21.3 Å². The van der Waals surface area contributed by atoms with Crippen molar-refractivity contribution in [1.29, 1.82) is 0 Å². The number of rotatable bonds is 5. The van der Waals surface area contributed by atoms with Crippen molar-refractivity contribution in [3.63, 3.8) is 0 Å². The second-order valence-electron chi connectivity index (χ2n) is 5.32. The average molecular weight is 247 g/mol. The van der Waals surface area contributed by atoms with E-state index in [4.69, 9.17) is 4.74 Å². The fourth-order valence-corrected chi connectivity index (χ4v) is 2.67. The Balaban J connectivity index is 1.78. The van der Waals surface area contributed by atoms with Gasteiger partial charge in [0.2, 0.25) is 0 Å². The molecule has 1 aromatic rings. The molecule has 0 saturated heterocycles. The van der Waals surface area contributed by atoms with Crippen LogP contribution in [0, 0.1) is 0 Å². The molecule has 0 unspecified atom stereocenters. The van der Waals surface area contributed by atoms with Gasteiger partial charge in [-0.25, -0.2) is 0 Å². The van der Waals surface area contributed by atoms with E-state index in [0.29, 0.717) is 6.61 Å². The number of ether oxygens (including phenoxy) is 1. The summed E-state index contributed by atoms with van der Waals surface area (Å²) in [6.45, 7) is 1.70. The zero-order valence-corrected chi connectivity index (χ0v) is 11.5. The monoisotopic (exact) mass is 247 g/mol. The van der Waals surface area contributed by atoms with Crippen molar-refractivity contribution >= 4 is 0 Å². The van der Waals surface area contributed by atoms with Gasteiger partial charge in [-0.1, -0.05) is 49.9 Å². The van der Waals surface area contributed by atoms with Crippen molar-refractivity contribution in [3.05, 3.63) is 35.4 Å². The number of nitrogens with one attached hydrogen (secondary N) is 1.